The van der Waals surface area contributed by atoms with Gasteiger partial charge >= 0.3 is 5.97 Å². The van der Waals surface area contributed by atoms with Gasteiger partial charge in [-0.25, -0.2) is 9.78 Å². The van der Waals surface area contributed by atoms with Gasteiger partial charge in [0.15, 0.2) is 5.69 Å². The number of nitrogens with zero attached hydrogens (tertiary/aromatic N) is 2. The van der Waals surface area contributed by atoms with E-state index in [0.29, 0.717) is 11.5 Å². The number of hydrogen-bond donors (Lipinski definition) is 2. The topological polar surface area (TPSA) is 101 Å². The minimum absolute atomic E-state index is 0.0299. The smallest absolute Gasteiger partial charge is 0.328 e. The normalized spacial score (nSPS) is 11.7. The van der Waals surface area contributed by atoms with Crippen LogP contribution < -0.4 is 11.1 Å². The summed E-state index contributed by atoms with van der Waals surface area (Å²) in [6.45, 7) is 3.77. The lowest BCUT2D eigenvalue weighted by atomic mass is 10.0. The van der Waals surface area contributed by atoms with Gasteiger partial charge in [-0.05, 0) is 18.1 Å². The summed E-state index contributed by atoms with van der Waals surface area (Å²) in [6.07, 6.45) is 0. The average Bonchev–Trinajstić information content (AvgIpc) is 2.36. The average molecular weight is 248 g/mol. The molecule has 96 valence electrons. The number of pyridine rings is 1. The van der Waals surface area contributed by atoms with Crippen molar-refractivity contribution in [2.45, 2.75) is 19.9 Å². The third kappa shape index (κ3) is 3.10. The Morgan fingerprint density at radius 2 is 2.22 bits per heavy atom. The maximum atomic E-state index is 11.6. The molecule has 1 aromatic rings. The van der Waals surface area contributed by atoms with E-state index in [0.717, 1.165) is 0 Å². The number of ether oxygens (including phenoxy) is 1. The van der Waals surface area contributed by atoms with Gasteiger partial charge in [0.05, 0.1) is 12.8 Å². The molecule has 0 saturated heterocycles. The van der Waals surface area contributed by atoms with Crippen molar-refractivity contribution in [2.24, 2.45) is 5.92 Å². The first-order chi connectivity index (χ1) is 8.49. The zero-order valence-corrected chi connectivity index (χ0v) is 10.6. The molecule has 0 saturated carbocycles. The highest BCUT2D eigenvalue weighted by Gasteiger charge is 2.23. The molecule has 3 N–H and O–H groups in total. The van der Waals surface area contributed by atoms with Gasteiger partial charge < -0.3 is 15.8 Å². The number of carbonyl (C=O) groups excluding carboxylic acids is 1. The first-order valence-corrected chi connectivity index (χ1v) is 5.50. The maximum Gasteiger partial charge on any atom is 0.328 e. The number of hydrogen-bond acceptors (Lipinski definition) is 6. The van der Waals surface area contributed by atoms with Crippen molar-refractivity contribution in [3.05, 3.63) is 17.8 Å². The van der Waals surface area contributed by atoms with Gasteiger partial charge in [0.1, 0.15) is 17.9 Å². The van der Waals surface area contributed by atoms with Crippen LogP contribution in [0.4, 0.5) is 11.5 Å². The third-order valence-electron chi connectivity index (χ3n) is 2.46. The number of esters is 1. The van der Waals surface area contributed by atoms with Gasteiger partial charge in [0.25, 0.3) is 0 Å². The predicted octanol–water partition coefficient (Wildman–Crippen LogP) is 1.14. The molecule has 0 aliphatic rings. The van der Waals surface area contributed by atoms with Crippen LogP contribution in [0.3, 0.4) is 0 Å². The van der Waals surface area contributed by atoms with Crippen LogP contribution in [0, 0.1) is 17.2 Å². The molecular formula is C12H16N4O2. The number of anilines is 2. The third-order valence-corrected chi connectivity index (χ3v) is 2.46. The summed E-state index contributed by atoms with van der Waals surface area (Å²) in [6, 6.07) is 4.56. The van der Waals surface area contributed by atoms with Gasteiger partial charge in [-0.3, -0.25) is 0 Å². The van der Waals surface area contributed by atoms with Gasteiger partial charge in [-0.1, -0.05) is 13.8 Å². The van der Waals surface area contributed by atoms with Gasteiger partial charge in [0.2, 0.25) is 0 Å². The van der Waals surface area contributed by atoms with Crippen LogP contribution in [-0.2, 0) is 9.53 Å². The van der Waals surface area contributed by atoms with Crippen molar-refractivity contribution in [1.82, 2.24) is 4.98 Å². The lowest BCUT2D eigenvalue weighted by molar-refractivity contribution is -0.142. The second kappa shape index (κ2) is 5.87. The number of nitrogen functional groups attached to an aromatic ring is 1. The fourth-order valence-electron chi connectivity index (χ4n) is 1.42. The Balaban J connectivity index is 2.95. The van der Waals surface area contributed by atoms with E-state index in [4.69, 9.17) is 15.7 Å². The number of methoxy groups -OCH3 is 1. The number of nitrogens with two attached hydrogens (primary N) is 1. The van der Waals surface area contributed by atoms with E-state index in [1.807, 2.05) is 19.9 Å². The molecule has 0 aliphatic heterocycles. The van der Waals surface area contributed by atoms with Crippen molar-refractivity contribution >= 4 is 17.5 Å². The number of aromatic nitrogens is 1. The second-order valence-electron chi connectivity index (χ2n) is 4.14. The molecule has 0 radical (unpaired) electrons. The molecule has 0 aromatic carbocycles. The minimum atomic E-state index is -0.516. The molecule has 0 bridgehead atoms. The molecule has 0 amide bonds. The Kier molecular flexibility index (Phi) is 4.49. The van der Waals surface area contributed by atoms with Crippen molar-refractivity contribution in [3.63, 3.8) is 0 Å². The number of nitrogens with one attached hydrogen (secondary N) is 1. The lowest BCUT2D eigenvalue weighted by Gasteiger charge is -2.20. The van der Waals surface area contributed by atoms with Crippen LogP contribution in [0.25, 0.3) is 0 Å². The van der Waals surface area contributed by atoms with Gasteiger partial charge in [0, 0.05) is 0 Å². The van der Waals surface area contributed by atoms with E-state index in [2.05, 4.69) is 10.3 Å². The summed E-state index contributed by atoms with van der Waals surface area (Å²) in [5.41, 5.74) is 6.01. The Hall–Kier alpha value is -2.29. The van der Waals surface area contributed by atoms with Crippen molar-refractivity contribution in [1.29, 1.82) is 5.26 Å². The molecule has 0 fully saturated rings. The number of carbonyl (C=O) groups is 1. The Labute approximate surface area is 106 Å². The fraction of sp³-hybridized carbons (Fsp3) is 0.417. The molecule has 1 atom stereocenters. The predicted molar refractivity (Wildman–Crippen MR) is 67.6 cm³/mol. The highest BCUT2D eigenvalue weighted by molar-refractivity contribution is 5.79. The summed E-state index contributed by atoms with van der Waals surface area (Å²) in [4.78, 5) is 15.6. The molecule has 1 unspecified atom stereocenters. The first kappa shape index (κ1) is 13.8. The zero-order chi connectivity index (χ0) is 13.7. The summed E-state index contributed by atoms with van der Waals surface area (Å²) in [5.74, 6) is 0.0781. The second-order valence-corrected chi connectivity index (χ2v) is 4.14. The van der Waals surface area contributed by atoms with Crippen LogP contribution in [-0.4, -0.2) is 24.1 Å². The monoisotopic (exact) mass is 248 g/mol. The van der Waals surface area contributed by atoms with Crippen LogP contribution in [0.15, 0.2) is 12.1 Å². The van der Waals surface area contributed by atoms with Gasteiger partial charge in [-0.15, -0.1) is 0 Å². The highest BCUT2D eigenvalue weighted by Crippen LogP contribution is 2.15. The van der Waals surface area contributed by atoms with E-state index >= 15 is 0 Å². The van der Waals surface area contributed by atoms with Crippen LogP contribution >= 0.6 is 0 Å². The molecule has 18 heavy (non-hydrogen) atoms. The molecule has 1 aromatic heterocycles. The van der Waals surface area contributed by atoms with Crippen LogP contribution in [0.2, 0.25) is 0 Å². The van der Waals surface area contributed by atoms with E-state index in [1.165, 1.54) is 7.11 Å². The number of rotatable bonds is 4. The highest BCUT2D eigenvalue weighted by atomic mass is 16.5. The fourth-order valence-corrected chi connectivity index (χ4v) is 1.42. The summed E-state index contributed by atoms with van der Waals surface area (Å²) in [5, 5.41) is 11.8. The molecule has 1 heterocycles. The van der Waals surface area contributed by atoms with E-state index < -0.39 is 6.04 Å². The Bertz CT molecular complexity index is 479. The molecule has 0 aliphatic carbocycles. The Morgan fingerprint density at radius 1 is 1.56 bits per heavy atom. The van der Waals surface area contributed by atoms with Crippen molar-refractivity contribution in [2.75, 3.05) is 18.2 Å². The number of nitriles is 1. The summed E-state index contributed by atoms with van der Waals surface area (Å²) < 4.78 is 4.71. The van der Waals surface area contributed by atoms with E-state index in [1.54, 1.807) is 12.1 Å². The molecule has 6 heteroatoms. The van der Waals surface area contributed by atoms with E-state index in [-0.39, 0.29) is 17.6 Å². The first-order valence-electron chi connectivity index (χ1n) is 5.50. The van der Waals surface area contributed by atoms with Crippen molar-refractivity contribution < 1.29 is 9.53 Å². The summed E-state index contributed by atoms with van der Waals surface area (Å²) >= 11 is 0. The van der Waals surface area contributed by atoms with Crippen molar-refractivity contribution in [3.8, 4) is 6.07 Å². The largest absolute Gasteiger partial charge is 0.467 e. The summed E-state index contributed by atoms with van der Waals surface area (Å²) in [7, 11) is 1.33. The maximum absolute atomic E-state index is 11.6. The minimum Gasteiger partial charge on any atom is -0.467 e. The zero-order valence-electron chi connectivity index (χ0n) is 10.6. The molecular weight excluding hydrogens is 232 g/mol. The quantitative estimate of drug-likeness (QED) is 0.775. The van der Waals surface area contributed by atoms with Gasteiger partial charge in [-0.2, -0.15) is 5.26 Å². The van der Waals surface area contributed by atoms with Crippen LogP contribution in [0.5, 0.6) is 0 Å². The SMILES string of the molecule is COC(=O)C(Nc1ccc(N)c(C#N)n1)C(C)C. The Morgan fingerprint density at radius 3 is 2.72 bits per heavy atom. The molecule has 0 spiro atoms. The van der Waals surface area contributed by atoms with E-state index in [9.17, 15) is 4.79 Å². The lowest BCUT2D eigenvalue weighted by Crippen LogP contribution is -2.35. The standard InChI is InChI=1S/C12H16N4O2/c1-7(2)11(12(17)18-3)16-10-5-4-8(14)9(6-13)15-10/h4-5,7,11H,14H2,1-3H3,(H,15,16). The molecule has 1 rings (SSSR count). The molecule has 6 nitrogen and oxygen atoms in total. The van der Waals surface area contributed by atoms with Crippen LogP contribution in [0.1, 0.15) is 19.5 Å².